The van der Waals surface area contributed by atoms with Crippen LogP contribution >= 0.6 is 0 Å². The highest BCUT2D eigenvalue weighted by molar-refractivity contribution is 5.88. The van der Waals surface area contributed by atoms with E-state index in [4.69, 9.17) is 10.8 Å². The standard InChI is InChI=1S/C14H17NO2/c1-14(7-3-2-4-8-14)10-5-6-11(13(16)17)12(15)9-10/h2-7,12H,8-9,15H2,1H3,(H,16,17). The van der Waals surface area contributed by atoms with Crippen LogP contribution in [0.1, 0.15) is 19.8 Å². The molecule has 2 unspecified atom stereocenters. The molecule has 17 heavy (non-hydrogen) atoms. The van der Waals surface area contributed by atoms with Crippen LogP contribution in [0.15, 0.2) is 47.6 Å². The van der Waals surface area contributed by atoms with E-state index >= 15 is 0 Å². The molecule has 0 aliphatic heterocycles. The topological polar surface area (TPSA) is 63.3 Å². The molecule has 2 rings (SSSR count). The largest absolute Gasteiger partial charge is 0.478 e. The number of rotatable bonds is 2. The second-order valence-corrected chi connectivity index (χ2v) is 4.84. The van der Waals surface area contributed by atoms with Gasteiger partial charge in [0.05, 0.1) is 5.57 Å². The Bertz CT molecular complexity index is 457. The lowest BCUT2D eigenvalue weighted by atomic mass is 9.72. The summed E-state index contributed by atoms with van der Waals surface area (Å²) >= 11 is 0. The molecule has 0 amide bonds. The van der Waals surface area contributed by atoms with E-state index in [1.54, 1.807) is 6.08 Å². The van der Waals surface area contributed by atoms with Crippen LogP contribution in [0.4, 0.5) is 0 Å². The van der Waals surface area contributed by atoms with E-state index in [0.29, 0.717) is 12.0 Å². The van der Waals surface area contributed by atoms with Crippen LogP contribution in [0.25, 0.3) is 0 Å². The minimum atomic E-state index is -0.919. The highest BCUT2D eigenvalue weighted by Gasteiger charge is 2.30. The van der Waals surface area contributed by atoms with Crippen LogP contribution in [0.5, 0.6) is 0 Å². The minimum Gasteiger partial charge on any atom is -0.478 e. The number of carboxylic acids is 1. The van der Waals surface area contributed by atoms with E-state index in [0.717, 1.165) is 6.42 Å². The first kappa shape index (κ1) is 11.9. The summed E-state index contributed by atoms with van der Waals surface area (Å²) in [5.41, 5.74) is 7.39. The third-order valence-electron chi connectivity index (χ3n) is 3.54. The maximum absolute atomic E-state index is 10.9. The van der Waals surface area contributed by atoms with E-state index in [9.17, 15) is 4.79 Å². The molecule has 0 fully saturated rings. The van der Waals surface area contributed by atoms with Crippen molar-refractivity contribution in [3.05, 3.63) is 47.6 Å². The molecule has 0 aromatic heterocycles. The van der Waals surface area contributed by atoms with Crippen LogP contribution in [-0.4, -0.2) is 17.1 Å². The Morgan fingerprint density at radius 3 is 2.76 bits per heavy atom. The van der Waals surface area contributed by atoms with Gasteiger partial charge in [-0.3, -0.25) is 0 Å². The molecule has 2 aliphatic carbocycles. The molecule has 0 bridgehead atoms. The fourth-order valence-electron chi connectivity index (χ4n) is 2.35. The summed E-state index contributed by atoms with van der Waals surface area (Å²) in [7, 11) is 0. The molecule has 2 atom stereocenters. The van der Waals surface area contributed by atoms with Gasteiger partial charge < -0.3 is 10.8 Å². The zero-order chi connectivity index (χ0) is 12.5. The van der Waals surface area contributed by atoms with Crippen molar-refractivity contribution in [2.45, 2.75) is 25.8 Å². The Morgan fingerprint density at radius 2 is 2.24 bits per heavy atom. The summed E-state index contributed by atoms with van der Waals surface area (Å²) in [5, 5.41) is 8.97. The van der Waals surface area contributed by atoms with Gasteiger partial charge in [-0.05, 0) is 12.8 Å². The smallest absolute Gasteiger partial charge is 0.333 e. The molecule has 0 heterocycles. The third kappa shape index (κ3) is 2.24. The molecule has 0 spiro atoms. The zero-order valence-electron chi connectivity index (χ0n) is 9.89. The van der Waals surface area contributed by atoms with Gasteiger partial charge in [0.1, 0.15) is 0 Å². The van der Waals surface area contributed by atoms with Crippen molar-refractivity contribution in [1.82, 2.24) is 0 Å². The van der Waals surface area contributed by atoms with E-state index in [2.05, 4.69) is 19.1 Å². The first-order valence-electron chi connectivity index (χ1n) is 5.77. The van der Waals surface area contributed by atoms with Crippen molar-refractivity contribution < 1.29 is 9.90 Å². The second-order valence-electron chi connectivity index (χ2n) is 4.84. The number of hydrogen-bond donors (Lipinski definition) is 2. The number of nitrogens with two attached hydrogens (primary N) is 1. The average Bonchev–Trinajstić information content (AvgIpc) is 2.29. The van der Waals surface area contributed by atoms with Gasteiger partial charge in [0.2, 0.25) is 0 Å². The normalized spacial score (nSPS) is 32.0. The molecule has 2 aliphatic rings. The maximum atomic E-state index is 10.9. The zero-order valence-corrected chi connectivity index (χ0v) is 9.89. The minimum absolute atomic E-state index is 0.0209. The lowest BCUT2D eigenvalue weighted by Crippen LogP contribution is -2.33. The molecule has 3 heteroatoms. The molecule has 0 aromatic rings. The fraction of sp³-hybridized carbons (Fsp3) is 0.357. The van der Waals surface area contributed by atoms with Crippen LogP contribution < -0.4 is 5.73 Å². The van der Waals surface area contributed by atoms with Gasteiger partial charge in [-0.2, -0.15) is 0 Å². The van der Waals surface area contributed by atoms with E-state index < -0.39 is 12.0 Å². The monoisotopic (exact) mass is 231 g/mol. The molecule has 3 nitrogen and oxygen atoms in total. The van der Waals surface area contributed by atoms with Crippen LogP contribution in [-0.2, 0) is 4.79 Å². The van der Waals surface area contributed by atoms with Gasteiger partial charge in [-0.1, -0.05) is 49.0 Å². The Hall–Kier alpha value is -1.61. The van der Waals surface area contributed by atoms with Gasteiger partial charge >= 0.3 is 5.97 Å². The summed E-state index contributed by atoms with van der Waals surface area (Å²) in [5.74, 6) is -0.919. The molecule has 90 valence electrons. The Morgan fingerprint density at radius 1 is 1.47 bits per heavy atom. The van der Waals surface area contributed by atoms with E-state index in [1.165, 1.54) is 5.57 Å². The molecular weight excluding hydrogens is 214 g/mol. The van der Waals surface area contributed by atoms with Gasteiger partial charge in [0, 0.05) is 11.5 Å². The number of allylic oxidation sites excluding steroid dienone is 6. The maximum Gasteiger partial charge on any atom is 0.333 e. The number of aliphatic carboxylic acids is 1. The second kappa shape index (κ2) is 4.34. The highest BCUT2D eigenvalue weighted by Crippen LogP contribution is 2.39. The number of carboxylic acid groups (broad SMARTS) is 1. The first-order chi connectivity index (χ1) is 8.03. The Labute approximate surface area is 101 Å². The van der Waals surface area contributed by atoms with Crippen LogP contribution in [0.3, 0.4) is 0 Å². The van der Waals surface area contributed by atoms with E-state index in [-0.39, 0.29) is 5.41 Å². The van der Waals surface area contributed by atoms with Crippen molar-refractivity contribution in [2.75, 3.05) is 0 Å². The van der Waals surface area contributed by atoms with Gasteiger partial charge in [0.15, 0.2) is 0 Å². The van der Waals surface area contributed by atoms with Crippen molar-refractivity contribution in [1.29, 1.82) is 0 Å². The fourth-order valence-corrected chi connectivity index (χ4v) is 2.35. The highest BCUT2D eigenvalue weighted by atomic mass is 16.4. The predicted octanol–water partition coefficient (Wildman–Crippen LogP) is 2.18. The number of hydrogen-bond acceptors (Lipinski definition) is 2. The summed E-state index contributed by atoms with van der Waals surface area (Å²) < 4.78 is 0. The van der Waals surface area contributed by atoms with Gasteiger partial charge in [-0.15, -0.1) is 0 Å². The van der Waals surface area contributed by atoms with Crippen molar-refractivity contribution in [3.63, 3.8) is 0 Å². The summed E-state index contributed by atoms with van der Waals surface area (Å²) in [6.07, 6.45) is 13.5. The van der Waals surface area contributed by atoms with E-state index in [1.807, 2.05) is 18.2 Å². The summed E-state index contributed by atoms with van der Waals surface area (Å²) in [6.45, 7) is 2.16. The summed E-state index contributed by atoms with van der Waals surface area (Å²) in [6, 6.07) is -0.399. The van der Waals surface area contributed by atoms with Crippen molar-refractivity contribution in [3.8, 4) is 0 Å². The molecule has 0 aromatic carbocycles. The van der Waals surface area contributed by atoms with Crippen LogP contribution in [0.2, 0.25) is 0 Å². The predicted molar refractivity (Wildman–Crippen MR) is 67.4 cm³/mol. The average molecular weight is 231 g/mol. The van der Waals surface area contributed by atoms with Crippen LogP contribution in [0, 0.1) is 5.41 Å². The lowest BCUT2D eigenvalue weighted by molar-refractivity contribution is -0.132. The third-order valence-corrected chi connectivity index (χ3v) is 3.54. The molecular formula is C14H17NO2. The molecule has 0 saturated heterocycles. The molecule has 0 saturated carbocycles. The van der Waals surface area contributed by atoms with Crippen molar-refractivity contribution >= 4 is 5.97 Å². The SMILES string of the molecule is CC1(C2=CC=C(C(=O)O)C(N)C2)C=CC=CC1. The van der Waals surface area contributed by atoms with Gasteiger partial charge in [0.25, 0.3) is 0 Å². The Balaban J connectivity index is 2.28. The van der Waals surface area contributed by atoms with Gasteiger partial charge in [-0.25, -0.2) is 4.79 Å². The molecule has 0 radical (unpaired) electrons. The quantitative estimate of drug-likeness (QED) is 0.765. The summed E-state index contributed by atoms with van der Waals surface area (Å²) in [4.78, 5) is 10.9. The Kier molecular flexibility index (Phi) is 3.03. The molecule has 3 N–H and O–H groups in total. The lowest BCUT2D eigenvalue weighted by Gasteiger charge is -2.33. The first-order valence-corrected chi connectivity index (χ1v) is 5.77. The van der Waals surface area contributed by atoms with Crippen molar-refractivity contribution in [2.24, 2.45) is 11.1 Å². The number of carbonyl (C=O) groups is 1.